The molecule has 2 atom stereocenters. The summed E-state index contributed by atoms with van der Waals surface area (Å²) in [5, 5.41) is 5.50. The van der Waals surface area contributed by atoms with Crippen LogP contribution in [0, 0.1) is 0 Å². The molecule has 0 aromatic carbocycles. The van der Waals surface area contributed by atoms with Gasteiger partial charge in [-0.3, -0.25) is 14.1 Å². The van der Waals surface area contributed by atoms with Gasteiger partial charge in [-0.1, -0.05) is 13.8 Å². The topological polar surface area (TPSA) is 49.6 Å². The molecule has 1 aliphatic rings. The number of rotatable bonds is 4. The molecule has 1 N–H and O–H groups in total. The Balaban J connectivity index is 1.83. The number of aromatic nitrogens is 2. The lowest BCUT2D eigenvalue weighted by Crippen LogP contribution is -2.55. The van der Waals surface area contributed by atoms with E-state index in [1.807, 2.05) is 5.38 Å². The van der Waals surface area contributed by atoms with Gasteiger partial charge in [-0.25, -0.2) is 4.98 Å². The Kier molecular flexibility index (Phi) is 4.37. The van der Waals surface area contributed by atoms with Crippen LogP contribution < -0.4 is 10.9 Å². The third-order valence-corrected chi connectivity index (χ3v) is 5.06. The molecule has 1 saturated heterocycles. The van der Waals surface area contributed by atoms with E-state index in [0.29, 0.717) is 12.1 Å². The molecule has 0 spiro atoms. The van der Waals surface area contributed by atoms with E-state index >= 15 is 0 Å². The van der Waals surface area contributed by atoms with Crippen LogP contribution in [0.15, 0.2) is 22.4 Å². The van der Waals surface area contributed by atoms with Crippen molar-refractivity contribution in [3.05, 3.63) is 33.7 Å². The SMILES string of the molecule is CCC1CN(Cc2cc(=O)n3ccsc3n2)C(CC)CN1. The Bertz CT molecular complexity index is 665. The first-order chi connectivity index (χ1) is 10.2. The Morgan fingerprint density at radius 2 is 2.29 bits per heavy atom. The standard InChI is InChI=1S/C15H22N4OS/c1-3-11-9-18(13(4-2)8-16-11)10-12-7-14(20)19-5-6-21-15(19)17-12/h5-7,11,13,16H,3-4,8-10H2,1-2H3. The molecule has 0 saturated carbocycles. The number of nitrogens with one attached hydrogen (secondary N) is 1. The average molecular weight is 306 g/mol. The second-order valence-corrected chi connectivity index (χ2v) is 6.52. The highest BCUT2D eigenvalue weighted by molar-refractivity contribution is 7.15. The second kappa shape index (κ2) is 6.25. The zero-order chi connectivity index (χ0) is 14.8. The fraction of sp³-hybridized carbons (Fsp3) is 0.600. The summed E-state index contributed by atoms with van der Waals surface area (Å²) in [4.78, 5) is 20.0. The number of piperazine rings is 1. The Morgan fingerprint density at radius 3 is 3.05 bits per heavy atom. The molecule has 0 radical (unpaired) electrons. The van der Waals surface area contributed by atoms with Gasteiger partial charge in [0.2, 0.25) is 0 Å². The maximum atomic E-state index is 12.1. The minimum Gasteiger partial charge on any atom is -0.311 e. The fourth-order valence-electron chi connectivity index (χ4n) is 2.98. The lowest BCUT2D eigenvalue weighted by molar-refractivity contribution is 0.116. The predicted octanol–water partition coefficient (Wildman–Crippen LogP) is 1.72. The summed E-state index contributed by atoms with van der Waals surface area (Å²) in [6, 6.07) is 2.74. The number of hydrogen-bond donors (Lipinski definition) is 1. The van der Waals surface area contributed by atoms with Crippen molar-refractivity contribution in [1.29, 1.82) is 0 Å². The van der Waals surface area contributed by atoms with Crippen molar-refractivity contribution in [2.24, 2.45) is 0 Å². The molecule has 0 amide bonds. The van der Waals surface area contributed by atoms with Crippen molar-refractivity contribution in [1.82, 2.24) is 19.6 Å². The minimum atomic E-state index is 0.0199. The zero-order valence-corrected chi connectivity index (χ0v) is 13.4. The molecule has 2 unspecified atom stereocenters. The van der Waals surface area contributed by atoms with E-state index in [2.05, 4.69) is 29.0 Å². The van der Waals surface area contributed by atoms with Gasteiger partial charge in [-0.15, -0.1) is 11.3 Å². The molecule has 114 valence electrons. The van der Waals surface area contributed by atoms with E-state index in [9.17, 15) is 4.79 Å². The molecule has 3 heterocycles. The highest BCUT2D eigenvalue weighted by atomic mass is 32.1. The first kappa shape index (κ1) is 14.7. The van der Waals surface area contributed by atoms with Crippen molar-refractivity contribution in [2.45, 2.75) is 45.3 Å². The van der Waals surface area contributed by atoms with Gasteiger partial charge in [0, 0.05) is 49.4 Å². The lowest BCUT2D eigenvalue weighted by atomic mass is 10.0. The van der Waals surface area contributed by atoms with Crippen LogP contribution in [0.4, 0.5) is 0 Å². The molecule has 6 heteroatoms. The lowest BCUT2D eigenvalue weighted by Gasteiger charge is -2.39. The molecule has 2 aromatic rings. The van der Waals surface area contributed by atoms with Gasteiger partial charge >= 0.3 is 0 Å². The third kappa shape index (κ3) is 3.02. The normalized spacial score (nSPS) is 23.7. The van der Waals surface area contributed by atoms with Crippen LogP contribution in [0.1, 0.15) is 32.4 Å². The number of nitrogens with zero attached hydrogens (tertiary/aromatic N) is 3. The summed E-state index contributed by atoms with van der Waals surface area (Å²) in [5.41, 5.74) is 0.907. The van der Waals surface area contributed by atoms with Gasteiger partial charge in [0.1, 0.15) is 0 Å². The van der Waals surface area contributed by atoms with Crippen molar-refractivity contribution in [3.8, 4) is 0 Å². The van der Waals surface area contributed by atoms with Crippen LogP contribution in [0.25, 0.3) is 4.96 Å². The Hall–Kier alpha value is -1.24. The first-order valence-electron chi connectivity index (χ1n) is 7.64. The maximum Gasteiger partial charge on any atom is 0.258 e. The molecule has 0 bridgehead atoms. The highest BCUT2D eigenvalue weighted by Gasteiger charge is 2.26. The Labute approximate surface area is 128 Å². The van der Waals surface area contributed by atoms with Crippen LogP contribution in [0.5, 0.6) is 0 Å². The largest absolute Gasteiger partial charge is 0.311 e. The summed E-state index contributed by atoms with van der Waals surface area (Å²) in [6.45, 7) is 7.25. The van der Waals surface area contributed by atoms with Crippen LogP contribution in [0.2, 0.25) is 0 Å². The minimum absolute atomic E-state index is 0.0199. The van der Waals surface area contributed by atoms with Gasteiger partial charge in [-0.05, 0) is 12.8 Å². The first-order valence-corrected chi connectivity index (χ1v) is 8.52. The molecule has 5 nitrogen and oxygen atoms in total. The zero-order valence-electron chi connectivity index (χ0n) is 12.6. The van der Waals surface area contributed by atoms with Crippen LogP contribution >= 0.6 is 11.3 Å². The molecule has 21 heavy (non-hydrogen) atoms. The highest BCUT2D eigenvalue weighted by Crippen LogP contribution is 2.15. The van der Waals surface area contributed by atoms with Crippen molar-refractivity contribution < 1.29 is 0 Å². The van der Waals surface area contributed by atoms with Gasteiger partial charge in [0.25, 0.3) is 5.56 Å². The van der Waals surface area contributed by atoms with E-state index in [4.69, 9.17) is 0 Å². The number of thiazole rings is 1. The molecular formula is C15H22N4OS. The van der Waals surface area contributed by atoms with Gasteiger partial charge in [-0.2, -0.15) is 0 Å². The summed E-state index contributed by atoms with van der Waals surface area (Å²) in [7, 11) is 0. The maximum absolute atomic E-state index is 12.1. The van der Waals surface area contributed by atoms with Crippen molar-refractivity contribution >= 4 is 16.3 Å². The van der Waals surface area contributed by atoms with Crippen molar-refractivity contribution in [3.63, 3.8) is 0 Å². The predicted molar refractivity (Wildman–Crippen MR) is 85.9 cm³/mol. The summed E-state index contributed by atoms with van der Waals surface area (Å²) >= 11 is 1.51. The third-order valence-electron chi connectivity index (χ3n) is 4.30. The van der Waals surface area contributed by atoms with Crippen LogP contribution in [0.3, 0.4) is 0 Å². The van der Waals surface area contributed by atoms with Gasteiger partial charge in [0.05, 0.1) is 5.69 Å². The molecule has 0 aliphatic carbocycles. The molecule has 1 fully saturated rings. The second-order valence-electron chi connectivity index (χ2n) is 5.65. The van der Waals surface area contributed by atoms with Gasteiger partial charge < -0.3 is 5.32 Å². The molecule has 3 rings (SSSR count). The fourth-order valence-corrected chi connectivity index (χ4v) is 3.71. The average Bonchev–Trinajstić information content (AvgIpc) is 2.96. The van der Waals surface area contributed by atoms with Crippen LogP contribution in [-0.2, 0) is 6.54 Å². The van der Waals surface area contributed by atoms with E-state index in [-0.39, 0.29) is 5.56 Å². The quantitative estimate of drug-likeness (QED) is 0.934. The number of fused-ring (bicyclic) bond motifs is 1. The molecule has 2 aromatic heterocycles. The van der Waals surface area contributed by atoms with E-state index in [1.165, 1.54) is 11.3 Å². The number of hydrogen-bond acceptors (Lipinski definition) is 5. The van der Waals surface area contributed by atoms with E-state index in [0.717, 1.165) is 43.1 Å². The van der Waals surface area contributed by atoms with Crippen molar-refractivity contribution in [2.75, 3.05) is 13.1 Å². The monoisotopic (exact) mass is 306 g/mol. The summed E-state index contributed by atoms with van der Waals surface area (Å²) < 4.78 is 1.61. The van der Waals surface area contributed by atoms with Crippen LogP contribution in [-0.4, -0.2) is 39.5 Å². The summed E-state index contributed by atoms with van der Waals surface area (Å²) in [5.74, 6) is 0. The van der Waals surface area contributed by atoms with E-state index < -0.39 is 0 Å². The molecule has 1 aliphatic heterocycles. The van der Waals surface area contributed by atoms with E-state index in [1.54, 1.807) is 16.7 Å². The Morgan fingerprint density at radius 1 is 1.43 bits per heavy atom. The summed E-state index contributed by atoms with van der Waals surface area (Å²) in [6.07, 6.45) is 4.03. The molecular weight excluding hydrogens is 284 g/mol. The van der Waals surface area contributed by atoms with Gasteiger partial charge in [0.15, 0.2) is 4.96 Å². The smallest absolute Gasteiger partial charge is 0.258 e.